The van der Waals surface area contributed by atoms with Crippen molar-refractivity contribution < 1.29 is 5.11 Å². The molecule has 0 aliphatic rings. The van der Waals surface area contributed by atoms with E-state index in [-0.39, 0.29) is 11.3 Å². The average molecular weight is 290 g/mol. The van der Waals surface area contributed by atoms with Crippen molar-refractivity contribution in [3.63, 3.8) is 0 Å². The molecule has 4 heteroatoms. The number of halogens is 2. The van der Waals surface area contributed by atoms with Gasteiger partial charge >= 0.3 is 0 Å². The van der Waals surface area contributed by atoms with Crippen LogP contribution >= 0.6 is 23.2 Å². The second kappa shape index (κ2) is 6.65. The smallest absolute Gasteiger partial charge is 0.120 e. The van der Waals surface area contributed by atoms with Crippen LogP contribution in [0.15, 0.2) is 12.1 Å². The van der Waals surface area contributed by atoms with E-state index in [0.29, 0.717) is 10.0 Å². The Labute approximate surface area is 119 Å². The quantitative estimate of drug-likeness (QED) is 0.787. The van der Waals surface area contributed by atoms with Gasteiger partial charge in [0.05, 0.1) is 10.0 Å². The molecule has 0 atom stereocenters. The number of benzene rings is 1. The first-order chi connectivity index (χ1) is 8.29. The molecule has 2 N–H and O–H groups in total. The Morgan fingerprint density at radius 3 is 2.33 bits per heavy atom. The van der Waals surface area contributed by atoms with E-state index in [1.165, 1.54) is 6.07 Å². The van der Waals surface area contributed by atoms with Crippen LogP contribution in [-0.4, -0.2) is 17.2 Å². The highest BCUT2D eigenvalue weighted by Crippen LogP contribution is 2.30. The fraction of sp³-hybridized carbons (Fsp3) is 0.571. The van der Waals surface area contributed by atoms with E-state index >= 15 is 0 Å². The molecule has 2 nitrogen and oxygen atoms in total. The summed E-state index contributed by atoms with van der Waals surface area (Å²) in [6.07, 6.45) is 2.89. The van der Waals surface area contributed by atoms with Gasteiger partial charge in [-0.25, -0.2) is 0 Å². The predicted molar refractivity (Wildman–Crippen MR) is 78.8 cm³/mol. The van der Waals surface area contributed by atoms with Crippen molar-refractivity contribution in [3.8, 4) is 5.75 Å². The van der Waals surface area contributed by atoms with Crippen LogP contribution in [0.2, 0.25) is 10.0 Å². The minimum atomic E-state index is 0.158. The Hall–Kier alpha value is -0.440. The van der Waals surface area contributed by atoms with E-state index in [0.717, 1.165) is 31.4 Å². The minimum Gasteiger partial charge on any atom is -0.508 e. The summed E-state index contributed by atoms with van der Waals surface area (Å²) in [6.45, 7) is 7.43. The summed E-state index contributed by atoms with van der Waals surface area (Å²) in [5.41, 5.74) is 1.02. The van der Waals surface area contributed by atoms with Crippen molar-refractivity contribution in [1.29, 1.82) is 0 Å². The Kier molecular flexibility index (Phi) is 5.77. The zero-order valence-corrected chi connectivity index (χ0v) is 12.7. The summed E-state index contributed by atoms with van der Waals surface area (Å²) in [5, 5.41) is 14.1. The number of unbranched alkanes of at least 4 members (excludes halogenated alkanes) is 1. The molecule has 0 aliphatic heterocycles. The van der Waals surface area contributed by atoms with E-state index in [2.05, 4.69) is 26.1 Å². The van der Waals surface area contributed by atoms with Gasteiger partial charge in [0.25, 0.3) is 0 Å². The minimum absolute atomic E-state index is 0.158. The van der Waals surface area contributed by atoms with Crippen LogP contribution < -0.4 is 5.32 Å². The van der Waals surface area contributed by atoms with Crippen molar-refractivity contribution in [1.82, 2.24) is 5.32 Å². The molecule has 0 amide bonds. The van der Waals surface area contributed by atoms with Crippen LogP contribution in [0.25, 0.3) is 0 Å². The second-order valence-corrected chi connectivity index (χ2v) is 6.34. The van der Waals surface area contributed by atoms with Crippen LogP contribution in [0.4, 0.5) is 0 Å². The maximum absolute atomic E-state index is 9.74. The summed E-state index contributed by atoms with van der Waals surface area (Å²) in [7, 11) is 0. The van der Waals surface area contributed by atoms with Gasteiger partial charge in [-0.15, -0.1) is 0 Å². The number of aromatic hydroxyl groups is 1. The third-order valence-electron chi connectivity index (χ3n) is 2.65. The van der Waals surface area contributed by atoms with E-state index in [1.54, 1.807) is 6.07 Å². The molecule has 18 heavy (non-hydrogen) atoms. The van der Waals surface area contributed by atoms with Crippen LogP contribution in [-0.2, 0) is 6.42 Å². The molecule has 0 unspecified atom stereocenters. The lowest BCUT2D eigenvalue weighted by atomic mass is 10.1. The molecule has 0 fully saturated rings. The molecule has 0 aromatic heterocycles. The highest BCUT2D eigenvalue weighted by atomic mass is 35.5. The second-order valence-electron chi connectivity index (χ2n) is 5.53. The lowest BCUT2D eigenvalue weighted by molar-refractivity contribution is 0.417. The number of hydrogen-bond acceptors (Lipinski definition) is 2. The topological polar surface area (TPSA) is 32.3 Å². The first-order valence-electron chi connectivity index (χ1n) is 6.21. The standard InChI is InChI=1S/C14H21Cl2NO/c1-14(2,3)17-7-5-4-6-10-8-11(15)12(16)9-13(10)18/h8-9,17-18H,4-7H2,1-3H3. The van der Waals surface area contributed by atoms with Gasteiger partial charge in [0.1, 0.15) is 5.75 Å². The normalized spacial score (nSPS) is 11.8. The largest absolute Gasteiger partial charge is 0.508 e. The number of nitrogens with one attached hydrogen (secondary N) is 1. The van der Waals surface area contributed by atoms with Crippen LogP contribution in [0.3, 0.4) is 0 Å². The average Bonchev–Trinajstić information content (AvgIpc) is 2.23. The fourth-order valence-electron chi connectivity index (χ4n) is 1.68. The fourth-order valence-corrected chi connectivity index (χ4v) is 2.03. The molecule has 0 bridgehead atoms. The molecule has 0 saturated carbocycles. The van der Waals surface area contributed by atoms with Gasteiger partial charge in [0.2, 0.25) is 0 Å². The molecule has 1 aromatic carbocycles. The molecule has 0 spiro atoms. The van der Waals surface area contributed by atoms with Crippen LogP contribution in [0.1, 0.15) is 39.2 Å². The van der Waals surface area contributed by atoms with Crippen molar-refractivity contribution >= 4 is 23.2 Å². The summed E-state index contributed by atoms with van der Waals surface area (Å²) in [5.74, 6) is 0.230. The molecular formula is C14H21Cl2NO. The zero-order valence-electron chi connectivity index (χ0n) is 11.2. The Bertz CT molecular complexity index is 400. The Balaban J connectivity index is 2.38. The van der Waals surface area contributed by atoms with Crippen LogP contribution in [0, 0.1) is 0 Å². The number of hydrogen-bond donors (Lipinski definition) is 2. The molecular weight excluding hydrogens is 269 g/mol. The van der Waals surface area contributed by atoms with Crippen molar-refractivity contribution in [2.24, 2.45) is 0 Å². The Morgan fingerprint density at radius 2 is 1.72 bits per heavy atom. The maximum atomic E-state index is 9.74. The summed E-state index contributed by atoms with van der Waals surface area (Å²) in [4.78, 5) is 0. The molecule has 1 aromatic rings. The Morgan fingerprint density at radius 1 is 1.11 bits per heavy atom. The van der Waals surface area contributed by atoms with Gasteiger partial charge in [-0.1, -0.05) is 23.2 Å². The van der Waals surface area contributed by atoms with Crippen molar-refractivity contribution in [2.45, 2.75) is 45.6 Å². The van der Waals surface area contributed by atoms with Gasteiger partial charge in [-0.3, -0.25) is 0 Å². The molecule has 102 valence electrons. The van der Waals surface area contributed by atoms with Crippen molar-refractivity contribution in [3.05, 3.63) is 27.7 Å². The molecule has 0 radical (unpaired) electrons. The molecule has 1 rings (SSSR count). The lowest BCUT2D eigenvalue weighted by Gasteiger charge is -2.20. The SMILES string of the molecule is CC(C)(C)NCCCCc1cc(Cl)c(Cl)cc1O. The summed E-state index contributed by atoms with van der Waals surface area (Å²) in [6, 6.07) is 3.25. The zero-order chi connectivity index (χ0) is 13.8. The van der Waals surface area contributed by atoms with E-state index in [1.807, 2.05) is 0 Å². The maximum Gasteiger partial charge on any atom is 0.120 e. The first-order valence-corrected chi connectivity index (χ1v) is 6.97. The van der Waals surface area contributed by atoms with Crippen LogP contribution in [0.5, 0.6) is 5.75 Å². The van der Waals surface area contributed by atoms with E-state index in [4.69, 9.17) is 23.2 Å². The molecule has 0 heterocycles. The monoisotopic (exact) mass is 289 g/mol. The number of phenols is 1. The van der Waals surface area contributed by atoms with Gasteiger partial charge in [-0.05, 0) is 58.2 Å². The summed E-state index contributed by atoms with van der Waals surface area (Å²) < 4.78 is 0. The predicted octanol–water partition coefficient (Wildman–Crippen LogP) is 4.41. The van der Waals surface area contributed by atoms with Gasteiger partial charge in [-0.2, -0.15) is 0 Å². The molecule has 0 saturated heterocycles. The third-order valence-corrected chi connectivity index (χ3v) is 3.37. The van der Waals surface area contributed by atoms with E-state index < -0.39 is 0 Å². The van der Waals surface area contributed by atoms with Gasteiger partial charge < -0.3 is 10.4 Å². The lowest BCUT2D eigenvalue weighted by Crippen LogP contribution is -2.36. The number of aryl methyl sites for hydroxylation is 1. The highest BCUT2D eigenvalue weighted by Gasteiger charge is 2.08. The molecule has 0 aliphatic carbocycles. The summed E-state index contributed by atoms with van der Waals surface area (Å²) >= 11 is 11.7. The van der Waals surface area contributed by atoms with Crippen molar-refractivity contribution in [2.75, 3.05) is 6.54 Å². The third kappa shape index (κ3) is 5.47. The number of phenolic OH excluding ortho intramolecular Hbond substituents is 1. The van der Waals surface area contributed by atoms with E-state index in [9.17, 15) is 5.11 Å². The van der Waals surface area contributed by atoms with Gasteiger partial charge in [0, 0.05) is 11.6 Å². The highest BCUT2D eigenvalue weighted by molar-refractivity contribution is 6.42. The van der Waals surface area contributed by atoms with Gasteiger partial charge in [0.15, 0.2) is 0 Å². The first kappa shape index (κ1) is 15.6. The number of rotatable bonds is 5.